The number of ether oxygens (including phenoxy) is 2. The second-order valence-corrected chi connectivity index (χ2v) is 7.92. The van der Waals surface area contributed by atoms with Gasteiger partial charge in [-0.2, -0.15) is 0 Å². The first-order chi connectivity index (χ1) is 16.7. The fourth-order valence-corrected chi connectivity index (χ4v) is 3.82. The zero-order chi connectivity index (χ0) is 23.3. The van der Waals surface area contributed by atoms with Gasteiger partial charge in [-0.15, -0.1) is 24.8 Å². The van der Waals surface area contributed by atoms with Gasteiger partial charge in [-0.05, 0) is 48.5 Å². The Morgan fingerprint density at radius 3 is 2.33 bits per heavy atom. The van der Waals surface area contributed by atoms with Crippen LogP contribution < -0.4 is 20.5 Å². The molecule has 10 heteroatoms. The maximum atomic E-state index is 6.54. The third kappa shape index (κ3) is 6.19. The van der Waals surface area contributed by atoms with Crippen LogP contribution in [0.25, 0.3) is 11.0 Å². The molecule has 0 amide bonds. The SMILES string of the molecule is Cl.Cl.NCCn1ccc2ncnc(Nc3ccc(Oc4cccc(Oc5ccccc5)c4)c(Cl)c3)c21. The van der Waals surface area contributed by atoms with Crippen LogP contribution in [-0.4, -0.2) is 21.1 Å². The normalized spacial score (nSPS) is 10.3. The Balaban J connectivity index is 0.00000180. The highest BCUT2D eigenvalue weighted by Gasteiger charge is 2.11. The molecule has 5 rings (SSSR count). The number of anilines is 2. The van der Waals surface area contributed by atoms with E-state index in [0.717, 1.165) is 22.5 Å². The molecule has 186 valence electrons. The third-order valence-electron chi connectivity index (χ3n) is 5.13. The number of nitrogens with two attached hydrogens (primary N) is 1. The third-order valence-corrected chi connectivity index (χ3v) is 5.42. The van der Waals surface area contributed by atoms with Gasteiger partial charge in [0.1, 0.15) is 34.8 Å². The summed E-state index contributed by atoms with van der Waals surface area (Å²) in [5.41, 5.74) is 8.25. The summed E-state index contributed by atoms with van der Waals surface area (Å²) in [4.78, 5) is 8.74. The molecule has 3 N–H and O–H groups in total. The van der Waals surface area contributed by atoms with E-state index in [0.29, 0.717) is 41.2 Å². The Bertz CT molecular complexity index is 1430. The number of nitrogens with zero attached hydrogens (tertiary/aromatic N) is 3. The van der Waals surface area contributed by atoms with Crippen molar-refractivity contribution < 1.29 is 9.47 Å². The summed E-state index contributed by atoms with van der Waals surface area (Å²) in [7, 11) is 0. The molecule has 0 aliphatic carbocycles. The van der Waals surface area contributed by atoms with Crippen LogP contribution in [-0.2, 0) is 6.54 Å². The first kappa shape index (κ1) is 27.1. The number of halogens is 3. The van der Waals surface area contributed by atoms with Crippen molar-refractivity contribution in [2.24, 2.45) is 5.73 Å². The number of rotatable bonds is 8. The van der Waals surface area contributed by atoms with Gasteiger partial charge in [-0.1, -0.05) is 35.9 Å². The van der Waals surface area contributed by atoms with Gasteiger partial charge in [0, 0.05) is 31.0 Å². The van der Waals surface area contributed by atoms with Crippen LogP contribution in [0.1, 0.15) is 0 Å². The van der Waals surface area contributed by atoms with Crippen molar-refractivity contribution in [2.45, 2.75) is 6.54 Å². The zero-order valence-electron chi connectivity index (χ0n) is 19.0. The van der Waals surface area contributed by atoms with Crippen LogP contribution in [0, 0.1) is 0 Å². The topological polar surface area (TPSA) is 87.2 Å². The lowest BCUT2D eigenvalue weighted by Crippen LogP contribution is -2.10. The van der Waals surface area contributed by atoms with Gasteiger partial charge in [-0.25, -0.2) is 9.97 Å². The quantitative estimate of drug-likeness (QED) is 0.214. The maximum Gasteiger partial charge on any atom is 0.158 e. The molecule has 0 saturated heterocycles. The minimum absolute atomic E-state index is 0. The van der Waals surface area contributed by atoms with E-state index in [1.807, 2.05) is 83.6 Å². The number of para-hydroxylation sites is 1. The molecule has 0 bridgehead atoms. The first-order valence-electron chi connectivity index (χ1n) is 10.8. The summed E-state index contributed by atoms with van der Waals surface area (Å²) < 4.78 is 13.9. The maximum absolute atomic E-state index is 6.54. The first-order valence-corrected chi connectivity index (χ1v) is 11.1. The van der Waals surface area contributed by atoms with Gasteiger partial charge in [0.05, 0.1) is 10.5 Å². The van der Waals surface area contributed by atoms with Crippen molar-refractivity contribution in [3.8, 4) is 23.0 Å². The summed E-state index contributed by atoms with van der Waals surface area (Å²) in [6.07, 6.45) is 3.48. The van der Waals surface area contributed by atoms with Crippen LogP contribution in [0.2, 0.25) is 5.02 Å². The summed E-state index contributed by atoms with van der Waals surface area (Å²) >= 11 is 6.54. The molecule has 0 saturated carbocycles. The molecule has 2 heterocycles. The standard InChI is InChI=1S/C26H22ClN5O2.2ClH/c27-22-15-18(31-26-25-23(29-17-30-26)11-13-32(25)14-12-28)9-10-24(22)34-21-8-4-7-20(16-21)33-19-5-2-1-3-6-19;;/h1-11,13,15-17H,12,14,28H2,(H,29,30,31);2*1H. The molecular weight excluding hydrogens is 521 g/mol. The number of aromatic nitrogens is 3. The monoisotopic (exact) mass is 543 g/mol. The van der Waals surface area contributed by atoms with Gasteiger partial charge in [0.2, 0.25) is 0 Å². The molecule has 0 aliphatic rings. The molecule has 5 aromatic rings. The molecule has 7 nitrogen and oxygen atoms in total. The molecule has 36 heavy (non-hydrogen) atoms. The van der Waals surface area contributed by atoms with Crippen LogP contribution in [0.5, 0.6) is 23.0 Å². The largest absolute Gasteiger partial charge is 0.457 e. The summed E-state index contributed by atoms with van der Waals surface area (Å²) in [6.45, 7) is 1.19. The predicted molar refractivity (Wildman–Crippen MR) is 149 cm³/mol. The number of nitrogens with one attached hydrogen (secondary N) is 1. The summed E-state index contributed by atoms with van der Waals surface area (Å²) in [5.74, 6) is 3.26. The lowest BCUT2D eigenvalue weighted by Gasteiger charge is -2.13. The lowest BCUT2D eigenvalue weighted by atomic mass is 10.2. The molecule has 0 spiro atoms. The van der Waals surface area contributed by atoms with E-state index < -0.39 is 0 Å². The highest BCUT2D eigenvalue weighted by Crippen LogP contribution is 2.35. The van der Waals surface area contributed by atoms with Gasteiger partial charge in [0.25, 0.3) is 0 Å². The van der Waals surface area contributed by atoms with Crippen molar-refractivity contribution in [1.82, 2.24) is 14.5 Å². The fraction of sp³-hybridized carbons (Fsp3) is 0.0769. The number of fused-ring (bicyclic) bond motifs is 1. The highest BCUT2D eigenvalue weighted by atomic mass is 35.5. The minimum atomic E-state index is 0. The molecule has 3 aromatic carbocycles. The fourth-order valence-electron chi connectivity index (χ4n) is 3.60. The van der Waals surface area contributed by atoms with E-state index >= 15 is 0 Å². The van der Waals surface area contributed by atoms with E-state index in [-0.39, 0.29) is 24.8 Å². The van der Waals surface area contributed by atoms with Crippen LogP contribution in [0.15, 0.2) is 91.4 Å². The van der Waals surface area contributed by atoms with E-state index in [1.54, 1.807) is 6.07 Å². The van der Waals surface area contributed by atoms with Crippen molar-refractivity contribution in [2.75, 3.05) is 11.9 Å². The molecule has 0 fully saturated rings. The molecular formula is C26H24Cl3N5O2. The predicted octanol–water partition coefficient (Wildman–Crippen LogP) is 7.22. The summed E-state index contributed by atoms with van der Waals surface area (Å²) in [5, 5.41) is 3.79. The second kappa shape index (κ2) is 12.5. The van der Waals surface area contributed by atoms with Gasteiger partial charge in [-0.3, -0.25) is 0 Å². The Morgan fingerprint density at radius 2 is 1.58 bits per heavy atom. The van der Waals surface area contributed by atoms with Crippen LogP contribution in [0.3, 0.4) is 0 Å². The van der Waals surface area contributed by atoms with Crippen molar-refractivity contribution >= 4 is 59.0 Å². The number of hydrogen-bond donors (Lipinski definition) is 2. The summed E-state index contributed by atoms with van der Waals surface area (Å²) in [6, 6.07) is 24.4. The zero-order valence-corrected chi connectivity index (χ0v) is 21.4. The number of hydrogen-bond acceptors (Lipinski definition) is 6. The van der Waals surface area contributed by atoms with E-state index in [1.165, 1.54) is 6.33 Å². The van der Waals surface area contributed by atoms with Crippen molar-refractivity contribution in [1.29, 1.82) is 0 Å². The molecule has 0 aliphatic heterocycles. The Morgan fingerprint density at radius 1 is 0.833 bits per heavy atom. The smallest absolute Gasteiger partial charge is 0.158 e. The van der Waals surface area contributed by atoms with Crippen LogP contribution in [0.4, 0.5) is 11.5 Å². The van der Waals surface area contributed by atoms with E-state index in [9.17, 15) is 0 Å². The van der Waals surface area contributed by atoms with Crippen molar-refractivity contribution in [3.63, 3.8) is 0 Å². The molecule has 0 radical (unpaired) electrons. The Hall–Kier alpha value is -3.49. The Labute approximate surface area is 226 Å². The van der Waals surface area contributed by atoms with E-state index in [2.05, 4.69) is 15.3 Å². The minimum Gasteiger partial charge on any atom is -0.457 e. The number of benzene rings is 3. The average Bonchev–Trinajstić information content (AvgIpc) is 3.26. The van der Waals surface area contributed by atoms with Gasteiger partial charge in [0.15, 0.2) is 5.82 Å². The molecule has 2 aromatic heterocycles. The second-order valence-electron chi connectivity index (χ2n) is 7.52. The molecule has 0 atom stereocenters. The highest BCUT2D eigenvalue weighted by molar-refractivity contribution is 6.32. The molecule has 0 unspecified atom stereocenters. The van der Waals surface area contributed by atoms with Crippen molar-refractivity contribution in [3.05, 3.63) is 96.4 Å². The van der Waals surface area contributed by atoms with Gasteiger partial charge >= 0.3 is 0 Å². The van der Waals surface area contributed by atoms with Crippen LogP contribution >= 0.6 is 36.4 Å². The van der Waals surface area contributed by atoms with Gasteiger partial charge < -0.3 is 25.1 Å². The Kier molecular flexibility index (Phi) is 9.38. The van der Waals surface area contributed by atoms with E-state index in [4.69, 9.17) is 26.8 Å². The lowest BCUT2D eigenvalue weighted by molar-refractivity contribution is 0.460. The average molecular weight is 545 g/mol.